The van der Waals surface area contributed by atoms with E-state index < -0.39 is 5.97 Å². The SMILES string of the molecule is CN(C)C1CCCN(c2ncc(Br)cc2C(=O)O)C1. The lowest BCUT2D eigenvalue weighted by Gasteiger charge is -2.37. The molecule has 5 nitrogen and oxygen atoms in total. The summed E-state index contributed by atoms with van der Waals surface area (Å²) in [5.74, 6) is -0.363. The van der Waals surface area contributed by atoms with Crippen molar-refractivity contribution in [3.63, 3.8) is 0 Å². The van der Waals surface area contributed by atoms with Crippen molar-refractivity contribution in [2.75, 3.05) is 32.1 Å². The summed E-state index contributed by atoms with van der Waals surface area (Å²) in [6.45, 7) is 1.68. The first-order valence-electron chi connectivity index (χ1n) is 6.29. The van der Waals surface area contributed by atoms with Crippen LogP contribution in [0.1, 0.15) is 23.2 Å². The van der Waals surface area contributed by atoms with E-state index in [0.29, 0.717) is 16.3 Å². The van der Waals surface area contributed by atoms with Gasteiger partial charge < -0.3 is 14.9 Å². The van der Waals surface area contributed by atoms with Gasteiger partial charge in [0.05, 0.1) is 0 Å². The molecule has 2 heterocycles. The third kappa shape index (κ3) is 3.25. The van der Waals surface area contributed by atoms with E-state index in [4.69, 9.17) is 0 Å². The van der Waals surface area contributed by atoms with Crippen molar-refractivity contribution in [3.8, 4) is 0 Å². The number of aromatic carboxylic acids is 1. The monoisotopic (exact) mass is 327 g/mol. The standard InChI is InChI=1S/C13H18BrN3O2/c1-16(2)10-4-3-5-17(8-10)12-11(13(18)19)6-9(14)7-15-12/h6-7,10H,3-5,8H2,1-2H3,(H,18,19). The van der Waals surface area contributed by atoms with E-state index in [2.05, 4.69) is 44.8 Å². The van der Waals surface area contributed by atoms with Gasteiger partial charge in [0, 0.05) is 29.8 Å². The molecule has 0 aliphatic carbocycles. The van der Waals surface area contributed by atoms with Gasteiger partial charge in [-0.25, -0.2) is 9.78 Å². The van der Waals surface area contributed by atoms with Crippen molar-refractivity contribution < 1.29 is 9.90 Å². The van der Waals surface area contributed by atoms with E-state index in [1.165, 1.54) is 0 Å². The molecule has 1 saturated heterocycles. The molecular formula is C13H18BrN3O2. The average Bonchev–Trinajstić information content (AvgIpc) is 2.38. The number of anilines is 1. The van der Waals surface area contributed by atoms with Crippen molar-refractivity contribution in [2.24, 2.45) is 0 Å². The van der Waals surface area contributed by atoms with Crippen LogP contribution in [0.3, 0.4) is 0 Å². The Morgan fingerprint density at radius 3 is 2.95 bits per heavy atom. The zero-order valence-corrected chi connectivity index (χ0v) is 12.7. The largest absolute Gasteiger partial charge is 0.478 e. The number of piperidine rings is 1. The minimum Gasteiger partial charge on any atom is -0.478 e. The second kappa shape index (κ2) is 5.88. The summed E-state index contributed by atoms with van der Waals surface area (Å²) in [7, 11) is 4.11. The Balaban J connectivity index is 2.28. The van der Waals surface area contributed by atoms with Crippen LogP contribution >= 0.6 is 15.9 Å². The molecule has 1 aliphatic heterocycles. The molecule has 0 saturated carbocycles. The zero-order chi connectivity index (χ0) is 14.0. The van der Waals surface area contributed by atoms with Gasteiger partial charge in [-0.2, -0.15) is 0 Å². The molecule has 1 unspecified atom stereocenters. The van der Waals surface area contributed by atoms with Gasteiger partial charge in [-0.15, -0.1) is 0 Å². The molecule has 1 fully saturated rings. The van der Waals surface area contributed by atoms with Crippen LogP contribution in [0.5, 0.6) is 0 Å². The number of carbonyl (C=O) groups is 1. The number of rotatable bonds is 3. The molecule has 0 bridgehead atoms. The van der Waals surface area contributed by atoms with Gasteiger partial charge in [-0.05, 0) is 48.9 Å². The maximum absolute atomic E-state index is 11.3. The quantitative estimate of drug-likeness (QED) is 0.921. The van der Waals surface area contributed by atoms with Crippen LogP contribution in [0.15, 0.2) is 16.7 Å². The van der Waals surface area contributed by atoms with Gasteiger partial charge in [-0.1, -0.05) is 0 Å². The normalized spacial score (nSPS) is 19.8. The number of likely N-dealkylation sites (N-methyl/N-ethyl adjacent to an activating group) is 1. The summed E-state index contributed by atoms with van der Waals surface area (Å²) in [5.41, 5.74) is 0.258. The van der Waals surface area contributed by atoms with Crippen molar-refractivity contribution in [2.45, 2.75) is 18.9 Å². The number of halogens is 1. The Morgan fingerprint density at radius 2 is 2.32 bits per heavy atom. The minimum atomic E-state index is -0.934. The third-order valence-electron chi connectivity index (χ3n) is 3.49. The lowest BCUT2D eigenvalue weighted by molar-refractivity contribution is 0.0697. The number of carboxylic acids is 1. The van der Waals surface area contributed by atoms with Gasteiger partial charge in [0.15, 0.2) is 0 Å². The number of nitrogens with zero attached hydrogens (tertiary/aromatic N) is 3. The second-order valence-corrected chi connectivity index (χ2v) is 5.95. The smallest absolute Gasteiger partial charge is 0.339 e. The number of hydrogen-bond donors (Lipinski definition) is 1. The first-order chi connectivity index (χ1) is 8.99. The van der Waals surface area contributed by atoms with Gasteiger partial charge in [0.2, 0.25) is 0 Å². The van der Waals surface area contributed by atoms with Crippen molar-refractivity contribution in [1.29, 1.82) is 0 Å². The highest BCUT2D eigenvalue weighted by Gasteiger charge is 2.25. The van der Waals surface area contributed by atoms with Crippen LogP contribution in [-0.2, 0) is 0 Å². The molecule has 19 heavy (non-hydrogen) atoms. The summed E-state index contributed by atoms with van der Waals surface area (Å²) >= 11 is 3.27. The van der Waals surface area contributed by atoms with Crippen molar-refractivity contribution in [1.82, 2.24) is 9.88 Å². The van der Waals surface area contributed by atoms with E-state index in [1.807, 2.05) is 0 Å². The van der Waals surface area contributed by atoms with E-state index in [1.54, 1.807) is 12.3 Å². The lowest BCUT2D eigenvalue weighted by atomic mass is 10.0. The Labute approximate surface area is 121 Å². The molecule has 0 spiro atoms. The highest BCUT2D eigenvalue weighted by Crippen LogP contribution is 2.25. The third-order valence-corrected chi connectivity index (χ3v) is 3.92. The number of carboxylic acid groups (broad SMARTS) is 1. The molecule has 6 heteroatoms. The molecule has 0 aromatic carbocycles. The number of pyridine rings is 1. The molecule has 1 aliphatic rings. The summed E-state index contributed by atoms with van der Waals surface area (Å²) in [6.07, 6.45) is 3.85. The predicted octanol–water partition coefficient (Wildman–Crippen LogP) is 2.07. The topological polar surface area (TPSA) is 56.7 Å². The number of aromatic nitrogens is 1. The van der Waals surface area contributed by atoms with Gasteiger partial charge in [0.1, 0.15) is 11.4 Å². The van der Waals surface area contributed by atoms with Crippen molar-refractivity contribution in [3.05, 3.63) is 22.3 Å². The first-order valence-corrected chi connectivity index (χ1v) is 7.08. The lowest BCUT2D eigenvalue weighted by Crippen LogP contribution is -2.45. The van der Waals surface area contributed by atoms with E-state index in [0.717, 1.165) is 25.9 Å². The van der Waals surface area contributed by atoms with E-state index in [9.17, 15) is 9.90 Å². The zero-order valence-electron chi connectivity index (χ0n) is 11.1. The van der Waals surface area contributed by atoms with E-state index >= 15 is 0 Å². The molecule has 1 aromatic rings. The van der Waals surface area contributed by atoms with Crippen LogP contribution in [0.4, 0.5) is 5.82 Å². The molecular weight excluding hydrogens is 310 g/mol. The fourth-order valence-electron chi connectivity index (χ4n) is 2.41. The Kier molecular flexibility index (Phi) is 4.42. The molecule has 0 radical (unpaired) electrons. The molecule has 2 rings (SSSR count). The second-order valence-electron chi connectivity index (χ2n) is 5.04. The fraction of sp³-hybridized carbons (Fsp3) is 0.538. The van der Waals surface area contributed by atoms with Crippen LogP contribution in [0, 0.1) is 0 Å². The van der Waals surface area contributed by atoms with Gasteiger partial charge >= 0.3 is 5.97 Å². The summed E-state index contributed by atoms with van der Waals surface area (Å²) < 4.78 is 0.690. The fourth-order valence-corrected chi connectivity index (χ4v) is 2.74. The van der Waals surface area contributed by atoms with Crippen LogP contribution in [0.2, 0.25) is 0 Å². The molecule has 104 valence electrons. The van der Waals surface area contributed by atoms with Gasteiger partial charge in [0.25, 0.3) is 0 Å². The predicted molar refractivity (Wildman–Crippen MR) is 77.8 cm³/mol. The Hall–Kier alpha value is -1.14. The Bertz CT molecular complexity index is 479. The average molecular weight is 328 g/mol. The van der Waals surface area contributed by atoms with E-state index in [-0.39, 0.29) is 5.56 Å². The minimum absolute atomic E-state index is 0.258. The maximum Gasteiger partial charge on any atom is 0.339 e. The number of hydrogen-bond acceptors (Lipinski definition) is 4. The first kappa shape index (κ1) is 14.3. The molecule has 1 N–H and O–H groups in total. The summed E-state index contributed by atoms with van der Waals surface area (Å²) in [5, 5.41) is 9.30. The molecule has 1 atom stereocenters. The summed E-state index contributed by atoms with van der Waals surface area (Å²) in [6, 6.07) is 2.06. The Morgan fingerprint density at radius 1 is 1.58 bits per heavy atom. The molecule has 1 aromatic heterocycles. The molecule has 0 amide bonds. The van der Waals surface area contributed by atoms with Crippen molar-refractivity contribution >= 4 is 27.7 Å². The van der Waals surface area contributed by atoms with Crippen LogP contribution in [-0.4, -0.2) is 54.2 Å². The van der Waals surface area contributed by atoms with Crippen LogP contribution < -0.4 is 4.90 Å². The maximum atomic E-state index is 11.3. The summed E-state index contributed by atoms with van der Waals surface area (Å²) in [4.78, 5) is 19.9. The van der Waals surface area contributed by atoms with Gasteiger partial charge in [-0.3, -0.25) is 0 Å². The van der Waals surface area contributed by atoms with Crippen LogP contribution in [0.25, 0.3) is 0 Å². The highest BCUT2D eigenvalue weighted by atomic mass is 79.9. The highest BCUT2D eigenvalue weighted by molar-refractivity contribution is 9.10.